The molecule has 0 bridgehead atoms. The smallest absolute Gasteiger partial charge is 0.257 e. The van der Waals surface area contributed by atoms with Gasteiger partial charge in [-0.05, 0) is 30.9 Å². The lowest BCUT2D eigenvalue weighted by Crippen LogP contribution is -2.43. The molecular formula is C15H21N3O. The fourth-order valence-electron chi connectivity index (χ4n) is 2.42. The van der Waals surface area contributed by atoms with Gasteiger partial charge in [0.25, 0.3) is 5.91 Å². The van der Waals surface area contributed by atoms with Crippen molar-refractivity contribution in [3.05, 3.63) is 35.4 Å². The van der Waals surface area contributed by atoms with Crippen molar-refractivity contribution in [3.8, 4) is 0 Å². The lowest BCUT2D eigenvalue weighted by atomic mass is 9.87. The number of nitrogens with zero attached hydrogens (tertiary/aromatic N) is 1. The summed E-state index contributed by atoms with van der Waals surface area (Å²) in [4.78, 5) is 16.6. The van der Waals surface area contributed by atoms with Crippen molar-refractivity contribution in [1.29, 1.82) is 0 Å². The molecule has 1 heterocycles. The molecule has 4 nitrogen and oxygen atoms in total. The molecule has 1 aromatic rings. The number of benzene rings is 1. The third kappa shape index (κ3) is 2.35. The van der Waals surface area contributed by atoms with E-state index in [-0.39, 0.29) is 5.91 Å². The van der Waals surface area contributed by atoms with Crippen LogP contribution in [-0.2, 0) is 16.8 Å². The van der Waals surface area contributed by atoms with Gasteiger partial charge in [0.15, 0.2) is 5.96 Å². The fraction of sp³-hybridized carbons (Fsp3) is 0.467. The van der Waals surface area contributed by atoms with Crippen molar-refractivity contribution >= 4 is 11.9 Å². The van der Waals surface area contributed by atoms with Gasteiger partial charge in [0.05, 0.1) is 0 Å². The summed E-state index contributed by atoms with van der Waals surface area (Å²) in [5.74, 6) is 0.556. The number of amides is 1. The average molecular weight is 259 g/mol. The second kappa shape index (κ2) is 5.43. The second-order valence-corrected chi connectivity index (χ2v) is 4.71. The molecule has 4 heteroatoms. The molecule has 1 atom stereocenters. The zero-order valence-electron chi connectivity index (χ0n) is 11.8. The van der Waals surface area contributed by atoms with Gasteiger partial charge in [0.2, 0.25) is 0 Å². The predicted octanol–water partition coefficient (Wildman–Crippen LogP) is 1.95. The third-order valence-corrected chi connectivity index (χ3v) is 3.65. The topological polar surface area (TPSA) is 53.5 Å². The standard InChI is InChI=1S/C15H21N3O/c1-4-11-7-9-12(10-8-11)15(5-2)13(19)17-14(18-15)16-6-3/h7-10H,4-6H2,1-3H3,(H2,16,17,18,19). The lowest BCUT2D eigenvalue weighted by molar-refractivity contribution is -0.124. The maximum Gasteiger partial charge on any atom is 0.257 e. The van der Waals surface area contributed by atoms with E-state index in [0.29, 0.717) is 18.9 Å². The zero-order valence-corrected chi connectivity index (χ0v) is 11.8. The lowest BCUT2D eigenvalue weighted by Gasteiger charge is -2.25. The Labute approximate surface area is 114 Å². The summed E-state index contributed by atoms with van der Waals surface area (Å²) in [5.41, 5.74) is 1.59. The molecule has 1 amide bonds. The predicted molar refractivity (Wildman–Crippen MR) is 77.0 cm³/mol. The molecule has 0 spiro atoms. The molecule has 2 rings (SSSR count). The fourth-order valence-corrected chi connectivity index (χ4v) is 2.42. The minimum Gasteiger partial charge on any atom is -0.338 e. The Morgan fingerprint density at radius 3 is 2.37 bits per heavy atom. The van der Waals surface area contributed by atoms with E-state index in [2.05, 4.69) is 34.7 Å². The maximum atomic E-state index is 12.3. The monoisotopic (exact) mass is 259 g/mol. The first kappa shape index (κ1) is 13.6. The number of nitrogens with one attached hydrogen (secondary N) is 2. The van der Waals surface area contributed by atoms with E-state index >= 15 is 0 Å². The molecule has 1 aliphatic heterocycles. The van der Waals surface area contributed by atoms with Crippen LogP contribution in [0.2, 0.25) is 0 Å². The molecule has 102 valence electrons. The van der Waals surface area contributed by atoms with Gasteiger partial charge in [-0.2, -0.15) is 0 Å². The van der Waals surface area contributed by atoms with Crippen molar-refractivity contribution in [1.82, 2.24) is 10.6 Å². The summed E-state index contributed by atoms with van der Waals surface area (Å²) >= 11 is 0. The molecular weight excluding hydrogens is 238 g/mol. The van der Waals surface area contributed by atoms with Crippen LogP contribution in [0, 0.1) is 0 Å². The summed E-state index contributed by atoms with van der Waals surface area (Å²) in [7, 11) is 0. The molecule has 1 fully saturated rings. The van der Waals surface area contributed by atoms with E-state index in [1.165, 1.54) is 5.56 Å². The van der Waals surface area contributed by atoms with Crippen LogP contribution in [0.4, 0.5) is 0 Å². The van der Waals surface area contributed by atoms with E-state index in [9.17, 15) is 4.79 Å². The number of carbonyl (C=O) groups is 1. The summed E-state index contributed by atoms with van der Waals surface area (Å²) in [6.45, 7) is 6.73. The van der Waals surface area contributed by atoms with Crippen molar-refractivity contribution in [2.75, 3.05) is 6.54 Å². The van der Waals surface area contributed by atoms with E-state index in [4.69, 9.17) is 0 Å². The first-order valence-corrected chi connectivity index (χ1v) is 6.89. The van der Waals surface area contributed by atoms with E-state index in [1.54, 1.807) is 0 Å². The van der Waals surface area contributed by atoms with Gasteiger partial charge in [-0.1, -0.05) is 38.1 Å². The highest BCUT2D eigenvalue weighted by molar-refractivity contribution is 6.09. The van der Waals surface area contributed by atoms with Crippen LogP contribution in [0.15, 0.2) is 29.3 Å². The van der Waals surface area contributed by atoms with Crippen molar-refractivity contribution in [2.45, 2.75) is 39.2 Å². The number of guanidine groups is 1. The average Bonchev–Trinajstić information content (AvgIpc) is 2.76. The van der Waals surface area contributed by atoms with Crippen LogP contribution in [-0.4, -0.2) is 18.4 Å². The largest absolute Gasteiger partial charge is 0.338 e. The molecule has 19 heavy (non-hydrogen) atoms. The van der Waals surface area contributed by atoms with Crippen molar-refractivity contribution in [3.63, 3.8) is 0 Å². The van der Waals surface area contributed by atoms with Crippen molar-refractivity contribution in [2.24, 2.45) is 4.99 Å². The van der Waals surface area contributed by atoms with Crippen molar-refractivity contribution < 1.29 is 4.79 Å². The minimum atomic E-state index is -0.680. The summed E-state index contributed by atoms with van der Waals surface area (Å²) in [6.07, 6.45) is 1.69. The maximum absolute atomic E-state index is 12.3. The summed E-state index contributed by atoms with van der Waals surface area (Å²) in [5, 5.41) is 6.07. The Morgan fingerprint density at radius 2 is 1.84 bits per heavy atom. The van der Waals surface area contributed by atoms with Gasteiger partial charge in [-0.15, -0.1) is 0 Å². The van der Waals surface area contributed by atoms with Crippen LogP contribution in [0.25, 0.3) is 0 Å². The van der Waals surface area contributed by atoms with E-state index in [0.717, 1.165) is 12.0 Å². The Kier molecular flexibility index (Phi) is 3.88. The highest BCUT2D eigenvalue weighted by Crippen LogP contribution is 2.28. The SMILES string of the molecule is CCN=C1NC(=O)C(CC)(c2ccc(CC)cc2)N1. The molecule has 1 aromatic carbocycles. The van der Waals surface area contributed by atoms with Gasteiger partial charge in [0.1, 0.15) is 5.54 Å². The Hall–Kier alpha value is -1.84. The van der Waals surface area contributed by atoms with Crippen LogP contribution in [0.5, 0.6) is 0 Å². The van der Waals surface area contributed by atoms with Gasteiger partial charge in [-0.3, -0.25) is 15.1 Å². The van der Waals surface area contributed by atoms with Crippen LogP contribution in [0.1, 0.15) is 38.3 Å². The normalized spacial score (nSPS) is 24.4. The Balaban J connectivity index is 2.37. The molecule has 0 aromatic heterocycles. The number of hydrogen-bond acceptors (Lipinski definition) is 2. The summed E-state index contributed by atoms with van der Waals surface area (Å²) in [6, 6.07) is 8.22. The minimum absolute atomic E-state index is 0.0218. The number of aryl methyl sites for hydroxylation is 1. The number of aliphatic imine (C=N–C) groups is 1. The highest BCUT2D eigenvalue weighted by atomic mass is 16.2. The van der Waals surface area contributed by atoms with Gasteiger partial charge in [-0.25, -0.2) is 0 Å². The molecule has 2 N–H and O–H groups in total. The molecule has 0 saturated carbocycles. The van der Waals surface area contributed by atoms with Gasteiger partial charge in [0, 0.05) is 6.54 Å². The first-order chi connectivity index (χ1) is 9.16. The molecule has 0 aliphatic carbocycles. The van der Waals surface area contributed by atoms with E-state index in [1.807, 2.05) is 26.0 Å². The van der Waals surface area contributed by atoms with Crippen LogP contribution >= 0.6 is 0 Å². The van der Waals surface area contributed by atoms with Crippen LogP contribution < -0.4 is 10.6 Å². The zero-order chi connectivity index (χ0) is 13.9. The summed E-state index contributed by atoms with van der Waals surface area (Å²) < 4.78 is 0. The molecule has 1 unspecified atom stereocenters. The molecule has 0 radical (unpaired) electrons. The second-order valence-electron chi connectivity index (χ2n) is 4.71. The highest BCUT2D eigenvalue weighted by Gasteiger charge is 2.44. The van der Waals surface area contributed by atoms with E-state index < -0.39 is 5.54 Å². The van der Waals surface area contributed by atoms with Crippen LogP contribution in [0.3, 0.4) is 0 Å². The third-order valence-electron chi connectivity index (χ3n) is 3.65. The Morgan fingerprint density at radius 1 is 1.16 bits per heavy atom. The Bertz CT molecular complexity index is 493. The number of rotatable bonds is 4. The molecule has 1 aliphatic rings. The van der Waals surface area contributed by atoms with Gasteiger partial charge >= 0.3 is 0 Å². The first-order valence-electron chi connectivity index (χ1n) is 6.89. The molecule has 1 saturated heterocycles. The quantitative estimate of drug-likeness (QED) is 0.868. The van der Waals surface area contributed by atoms with Gasteiger partial charge < -0.3 is 5.32 Å². The number of hydrogen-bond donors (Lipinski definition) is 2. The number of carbonyl (C=O) groups excluding carboxylic acids is 1.